The van der Waals surface area contributed by atoms with Gasteiger partial charge in [0.2, 0.25) is 0 Å². The summed E-state index contributed by atoms with van der Waals surface area (Å²) in [5.74, 6) is 0. The largest absolute Gasteiger partial charge is 0.420 e. The Bertz CT molecular complexity index is 100. The first kappa shape index (κ1) is 12.2. The molecule has 0 saturated heterocycles. The summed E-state index contributed by atoms with van der Waals surface area (Å²) in [5, 5.41) is 0. The van der Waals surface area contributed by atoms with Crippen molar-refractivity contribution in [3.63, 3.8) is 0 Å². The van der Waals surface area contributed by atoms with Crippen molar-refractivity contribution >= 4 is 8.32 Å². The summed E-state index contributed by atoms with van der Waals surface area (Å²) in [4.78, 5) is 0. The van der Waals surface area contributed by atoms with Crippen LogP contribution in [0.2, 0.25) is 18.1 Å². The zero-order chi connectivity index (χ0) is 9.45. The molecule has 0 aromatic carbocycles. The minimum Gasteiger partial charge on any atom is -0.420 e. The van der Waals surface area contributed by atoms with Crippen molar-refractivity contribution in [1.82, 2.24) is 0 Å². The molecule has 0 saturated carbocycles. The Balaban J connectivity index is 3.95. The monoisotopic (exact) mass is 188 g/mol. The Morgan fingerprint density at radius 1 is 1.00 bits per heavy atom. The van der Waals surface area contributed by atoms with E-state index in [9.17, 15) is 0 Å². The Labute approximate surface area is 78.6 Å². The molecule has 0 fully saturated rings. The van der Waals surface area contributed by atoms with E-state index in [1.54, 1.807) is 0 Å². The smallest absolute Gasteiger partial charge is 0.191 e. The molecule has 74 valence electrons. The first-order valence-electron chi connectivity index (χ1n) is 5.29. The number of hydrogen-bond donors (Lipinski definition) is 0. The summed E-state index contributed by atoms with van der Waals surface area (Å²) >= 11 is 0. The van der Waals surface area contributed by atoms with E-state index in [1.807, 2.05) is 7.11 Å². The van der Waals surface area contributed by atoms with Crippen LogP contribution in [0, 0.1) is 0 Å². The Morgan fingerprint density at radius 3 is 2.00 bits per heavy atom. The maximum Gasteiger partial charge on any atom is 0.191 e. The van der Waals surface area contributed by atoms with Gasteiger partial charge < -0.3 is 4.43 Å². The lowest BCUT2D eigenvalue weighted by Crippen LogP contribution is -2.35. The Kier molecular flexibility index (Phi) is 6.77. The predicted octanol–water partition coefficient (Wildman–Crippen LogP) is 3.81. The third kappa shape index (κ3) is 3.72. The van der Waals surface area contributed by atoms with Crippen LogP contribution in [0.5, 0.6) is 0 Å². The van der Waals surface area contributed by atoms with E-state index < -0.39 is 8.32 Å². The minimum atomic E-state index is -1.26. The normalized spacial score (nSPS) is 16.0. The van der Waals surface area contributed by atoms with Crippen LogP contribution >= 0.6 is 0 Å². The predicted molar refractivity (Wildman–Crippen MR) is 58.1 cm³/mol. The van der Waals surface area contributed by atoms with Gasteiger partial charge in [-0.2, -0.15) is 0 Å². The molecule has 12 heavy (non-hydrogen) atoms. The molecule has 2 heteroatoms. The molecule has 0 aromatic heterocycles. The second-order valence-electron chi connectivity index (χ2n) is 3.59. The molecule has 1 unspecified atom stereocenters. The molecule has 0 aliphatic heterocycles. The Morgan fingerprint density at radius 2 is 1.67 bits per heavy atom. The number of rotatable bonds is 7. The molecule has 1 atom stereocenters. The molecule has 0 aliphatic carbocycles. The van der Waals surface area contributed by atoms with Gasteiger partial charge in [0.05, 0.1) is 0 Å². The van der Waals surface area contributed by atoms with Gasteiger partial charge in [-0.05, 0) is 18.1 Å². The van der Waals surface area contributed by atoms with Crippen molar-refractivity contribution < 1.29 is 4.43 Å². The summed E-state index contributed by atoms with van der Waals surface area (Å²) in [7, 11) is 0.653. The molecule has 0 aliphatic rings. The van der Waals surface area contributed by atoms with Gasteiger partial charge in [-0.25, -0.2) is 0 Å². The van der Waals surface area contributed by atoms with Crippen LogP contribution in [-0.4, -0.2) is 15.4 Å². The zero-order valence-electron chi connectivity index (χ0n) is 9.15. The third-order valence-corrected chi connectivity index (χ3v) is 7.60. The van der Waals surface area contributed by atoms with Gasteiger partial charge in [0.1, 0.15) is 0 Å². The van der Waals surface area contributed by atoms with Gasteiger partial charge >= 0.3 is 0 Å². The minimum absolute atomic E-state index is 1.26. The Hall–Kier alpha value is 0.177. The van der Waals surface area contributed by atoms with Crippen LogP contribution in [0.3, 0.4) is 0 Å². The molecule has 0 aromatic rings. The van der Waals surface area contributed by atoms with Crippen molar-refractivity contribution in [1.29, 1.82) is 0 Å². The summed E-state index contributed by atoms with van der Waals surface area (Å²) < 4.78 is 5.77. The van der Waals surface area contributed by atoms with E-state index in [0.29, 0.717) is 0 Å². The molecule has 0 rings (SSSR count). The van der Waals surface area contributed by atoms with Crippen molar-refractivity contribution in [2.45, 2.75) is 58.2 Å². The SMILES string of the molecule is CCCC[Si](CC)(CCC)OC. The first-order valence-corrected chi connectivity index (χ1v) is 7.82. The maximum absolute atomic E-state index is 5.77. The lowest BCUT2D eigenvalue weighted by Gasteiger charge is -2.28. The average Bonchev–Trinajstić information content (AvgIpc) is 2.13. The molecule has 0 spiro atoms. The number of unbranched alkanes of at least 4 members (excludes halogenated alkanes) is 1. The van der Waals surface area contributed by atoms with E-state index in [4.69, 9.17) is 4.43 Å². The van der Waals surface area contributed by atoms with Crippen molar-refractivity contribution in [2.24, 2.45) is 0 Å². The van der Waals surface area contributed by atoms with Gasteiger partial charge in [-0.1, -0.05) is 40.0 Å². The van der Waals surface area contributed by atoms with Crippen molar-refractivity contribution in [3.8, 4) is 0 Å². The topological polar surface area (TPSA) is 9.23 Å². The van der Waals surface area contributed by atoms with Crippen LogP contribution in [0.1, 0.15) is 40.0 Å². The van der Waals surface area contributed by atoms with Crippen LogP contribution in [0.25, 0.3) is 0 Å². The number of hydrogen-bond acceptors (Lipinski definition) is 1. The molecular weight excluding hydrogens is 164 g/mol. The summed E-state index contributed by atoms with van der Waals surface area (Å²) in [5.41, 5.74) is 0. The summed E-state index contributed by atoms with van der Waals surface area (Å²) in [6.07, 6.45) is 3.95. The fourth-order valence-electron chi connectivity index (χ4n) is 1.78. The van der Waals surface area contributed by atoms with E-state index in [2.05, 4.69) is 20.8 Å². The first-order chi connectivity index (χ1) is 5.74. The molecular formula is C10H24OSi. The van der Waals surface area contributed by atoms with Gasteiger partial charge in [-0.15, -0.1) is 0 Å². The fraction of sp³-hybridized carbons (Fsp3) is 1.00. The summed E-state index contributed by atoms with van der Waals surface area (Å²) in [6, 6.07) is 4.00. The fourth-order valence-corrected chi connectivity index (χ4v) is 5.34. The molecule has 0 N–H and O–H groups in total. The van der Waals surface area contributed by atoms with Crippen molar-refractivity contribution in [3.05, 3.63) is 0 Å². The third-order valence-electron chi connectivity index (χ3n) is 2.77. The molecule has 1 nitrogen and oxygen atoms in total. The van der Waals surface area contributed by atoms with E-state index in [-0.39, 0.29) is 0 Å². The van der Waals surface area contributed by atoms with Gasteiger partial charge in [0.15, 0.2) is 8.32 Å². The van der Waals surface area contributed by atoms with E-state index in [1.165, 1.54) is 37.4 Å². The standard InChI is InChI=1S/C10H24OSi/c1-5-8-10-12(7-3,11-4)9-6-2/h5-10H2,1-4H3. The zero-order valence-corrected chi connectivity index (χ0v) is 10.2. The lowest BCUT2D eigenvalue weighted by atomic mass is 10.4. The molecule has 0 amide bonds. The van der Waals surface area contributed by atoms with Crippen LogP contribution in [0.15, 0.2) is 0 Å². The van der Waals surface area contributed by atoms with Crippen molar-refractivity contribution in [2.75, 3.05) is 7.11 Å². The highest BCUT2D eigenvalue weighted by atomic mass is 28.4. The van der Waals surface area contributed by atoms with Crippen LogP contribution in [0.4, 0.5) is 0 Å². The quantitative estimate of drug-likeness (QED) is 0.552. The highest BCUT2D eigenvalue weighted by Crippen LogP contribution is 2.25. The highest BCUT2D eigenvalue weighted by Gasteiger charge is 2.29. The lowest BCUT2D eigenvalue weighted by molar-refractivity contribution is 0.387. The summed E-state index contributed by atoms with van der Waals surface area (Å²) in [6.45, 7) is 6.82. The molecule has 0 bridgehead atoms. The van der Waals surface area contributed by atoms with Gasteiger partial charge in [0.25, 0.3) is 0 Å². The van der Waals surface area contributed by atoms with Gasteiger partial charge in [-0.3, -0.25) is 0 Å². The van der Waals surface area contributed by atoms with Crippen LogP contribution < -0.4 is 0 Å². The average molecular weight is 188 g/mol. The maximum atomic E-state index is 5.77. The molecule has 0 radical (unpaired) electrons. The van der Waals surface area contributed by atoms with Crippen LogP contribution in [-0.2, 0) is 4.43 Å². The second kappa shape index (κ2) is 6.67. The highest BCUT2D eigenvalue weighted by molar-refractivity contribution is 6.73. The van der Waals surface area contributed by atoms with E-state index >= 15 is 0 Å². The molecule has 0 heterocycles. The van der Waals surface area contributed by atoms with E-state index in [0.717, 1.165) is 0 Å². The second-order valence-corrected chi connectivity index (χ2v) is 8.08. The van der Waals surface area contributed by atoms with Gasteiger partial charge in [0, 0.05) is 7.11 Å².